The van der Waals surface area contributed by atoms with Crippen molar-refractivity contribution in [3.05, 3.63) is 48.0 Å². The van der Waals surface area contributed by atoms with Gasteiger partial charge in [-0.2, -0.15) is 0 Å². The smallest absolute Gasteiger partial charge is 0.258 e. The van der Waals surface area contributed by atoms with Gasteiger partial charge in [0.15, 0.2) is 0 Å². The summed E-state index contributed by atoms with van der Waals surface area (Å²) in [6, 6.07) is 5.70. The Morgan fingerprint density at radius 3 is 2.87 bits per heavy atom. The van der Waals surface area contributed by atoms with Crippen molar-refractivity contribution in [3.63, 3.8) is 0 Å². The molecule has 7 heteroatoms. The Hall–Kier alpha value is -2.54. The summed E-state index contributed by atoms with van der Waals surface area (Å²) < 4.78 is 18.6. The number of anilines is 2. The number of hydrogen-bond acceptors (Lipinski definition) is 5. The molecule has 1 amide bonds. The molecule has 0 spiro atoms. The molecule has 0 radical (unpaired) electrons. The average Bonchev–Trinajstić information content (AvgIpc) is 3.07. The minimum Gasteiger partial charge on any atom is -0.376 e. The van der Waals surface area contributed by atoms with Crippen molar-refractivity contribution in [2.45, 2.75) is 18.9 Å². The minimum atomic E-state index is -0.410. The molecule has 1 aromatic heterocycles. The lowest BCUT2D eigenvalue weighted by molar-refractivity contribution is 0.102. The average molecular weight is 316 g/mol. The van der Waals surface area contributed by atoms with Crippen LogP contribution in [-0.4, -0.2) is 35.1 Å². The normalized spacial score (nSPS) is 17.0. The molecule has 2 aromatic rings. The van der Waals surface area contributed by atoms with Crippen LogP contribution in [0.25, 0.3) is 0 Å². The quantitative estimate of drug-likeness (QED) is 0.886. The van der Waals surface area contributed by atoms with E-state index in [0.29, 0.717) is 23.7 Å². The van der Waals surface area contributed by atoms with Crippen LogP contribution in [0.4, 0.5) is 16.0 Å². The minimum absolute atomic E-state index is 0.189. The first-order valence-electron chi connectivity index (χ1n) is 7.45. The van der Waals surface area contributed by atoms with Crippen molar-refractivity contribution in [3.8, 4) is 0 Å². The summed E-state index contributed by atoms with van der Waals surface area (Å²) in [6.45, 7) is 1.45. The van der Waals surface area contributed by atoms with E-state index in [4.69, 9.17) is 4.74 Å². The van der Waals surface area contributed by atoms with Gasteiger partial charge in [0.05, 0.1) is 11.7 Å². The number of carbonyl (C=O) groups is 1. The molecule has 120 valence electrons. The molecule has 2 N–H and O–H groups in total. The Bertz CT molecular complexity index is 672. The molecular weight excluding hydrogens is 299 g/mol. The van der Waals surface area contributed by atoms with E-state index in [1.165, 1.54) is 30.6 Å². The second-order valence-corrected chi connectivity index (χ2v) is 5.28. The van der Waals surface area contributed by atoms with Crippen LogP contribution in [-0.2, 0) is 4.74 Å². The lowest BCUT2D eigenvalue weighted by Gasteiger charge is -2.10. The van der Waals surface area contributed by atoms with E-state index in [1.807, 2.05) is 0 Å². The number of halogens is 1. The van der Waals surface area contributed by atoms with Gasteiger partial charge in [0.2, 0.25) is 5.95 Å². The summed E-state index contributed by atoms with van der Waals surface area (Å²) in [4.78, 5) is 20.3. The molecule has 0 saturated carbocycles. The number of hydrogen-bond donors (Lipinski definition) is 2. The Kier molecular flexibility index (Phi) is 4.77. The predicted molar refractivity (Wildman–Crippen MR) is 83.8 cm³/mol. The molecule has 1 saturated heterocycles. The summed E-state index contributed by atoms with van der Waals surface area (Å²) in [5, 5.41) is 5.68. The van der Waals surface area contributed by atoms with Gasteiger partial charge in [0, 0.05) is 31.2 Å². The first kappa shape index (κ1) is 15.4. The maximum atomic E-state index is 13.1. The van der Waals surface area contributed by atoms with Gasteiger partial charge in [0.25, 0.3) is 5.91 Å². The van der Waals surface area contributed by atoms with Crippen molar-refractivity contribution >= 4 is 17.5 Å². The Balaban J connectivity index is 1.56. The van der Waals surface area contributed by atoms with Gasteiger partial charge >= 0.3 is 0 Å². The fourth-order valence-corrected chi connectivity index (χ4v) is 2.32. The Morgan fingerprint density at radius 1 is 1.35 bits per heavy atom. The molecule has 0 aliphatic carbocycles. The fourth-order valence-electron chi connectivity index (χ4n) is 2.32. The first-order chi connectivity index (χ1) is 11.2. The summed E-state index contributed by atoms with van der Waals surface area (Å²) in [7, 11) is 0. The molecule has 6 nitrogen and oxygen atoms in total. The largest absolute Gasteiger partial charge is 0.376 e. The standard InChI is InChI=1S/C16H17FN4O2/c17-12-3-1-4-13(7-12)21-15(22)11-8-18-16(19-9-11)20-10-14-5-2-6-23-14/h1,3-4,7-9,14H,2,5-6,10H2,(H,21,22)(H,18,19,20). The number of amides is 1. The highest BCUT2D eigenvalue weighted by Gasteiger charge is 2.15. The van der Waals surface area contributed by atoms with E-state index in [1.54, 1.807) is 6.07 Å². The highest BCUT2D eigenvalue weighted by Crippen LogP contribution is 2.13. The number of ether oxygens (including phenoxy) is 1. The number of nitrogens with one attached hydrogen (secondary N) is 2. The van der Waals surface area contributed by atoms with E-state index in [2.05, 4.69) is 20.6 Å². The molecule has 1 aliphatic heterocycles. The summed E-state index contributed by atoms with van der Waals surface area (Å²) >= 11 is 0. The molecule has 3 rings (SSSR count). The zero-order valence-electron chi connectivity index (χ0n) is 12.5. The van der Waals surface area contributed by atoms with Crippen molar-refractivity contribution in [2.24, 2.45) is 0 Å². The predicted octanol–water partition coefficient (Wildman–Crippen LogP) is 2.46. The van der Waals surface area contributed by atoms with Crippen LogP contribution >= 0.6 is 0 Å². The third kappa shape index (κ3) is 4.23. The van der Waals surface area contributed by atoms with Gasteiger partial charge in [-0.05, 0) is 31.0 Å². The monoisotopic (exact) mass is 316 g/mol. The third-order valence-electron chi connectivity index (χ3n) is 3.51. The van der Waals surface area contributed by atoms with Crippen LogP contribution in [0.3, 0.4) is 0 Å². The third-order valence-corrected chi connectivity index (χ3v) is 3.51. The molecule has 0 bridgehead atoms. The number of aromatic nitrogens is 2. The lowest BCUT2D eigenvalue weighted by atomic mass is 10.2. The Morgan fingerprint density at radius 2 is 2.17 bits per heavy atom. The summed E-state index contributed by atoms with van der Waals surface area (Å²) in [6.07, 6.45) is 5.15. The van der Waals surface area contributed by atoms with Gasteiger partial charge in [-0.25, -0.2) is 14.4 Å². The number of carbonyl (C=O) groups excluding carboxylic acids is 1. The first-order valence-corrected chi connectivity index (χ1v) is 7.45. The number of benzene rings is 1. The van der Waals surface area contributed by atoms with E-state index in [-0.39, 0.29) is 12.0 Å². The SMILES string of the molecule is O=C(Nc1cccc(F)c1)c1cnc(NCC2CCCO2)nc1. The second kappa shape index (κ2) is 7.15. The maximum absolute atomic E-state index is 13.1. The van der Waals surface area contributed by atoms with Crippen LogP contribution in [0.2, 0.25) is 0 Å². The Labute approximate surface area is 133 Å². The van der Waals surface area contributed by atoms with Crippen LogP contribution in [0.1, 0.15) is 23.2 Å². The van der Waals surface area contributed by atoms with Gasteiger partial charge in [-0.15, -0.1) is 0 Å². The maximum Gasteiger partial charge on any atom is 0.258 e. The van der Waals surface area contributed by atoms with E-state index in [0.717, 1.165) is 19.4 Å². The van der Waals surface area contributed by atoms with Crippen molar-refractivity contribution in [2.75, 3.05) is 23.8 Å². The summed E-state index contributed by atoms with van der Waals surface area (Å²) in [5.41, 5.74) is 0.688. The molecular formula is C16H17FN4O2. The number of rotatable bonds is 5. The van der Waals surface area contributed by atoms with Gasteiger partial charge < -0.3 is 15.4 Å². The lowest BCUT2D eigenvalue weighted by Crippen LogP contribution is -2.20. The molecule has 23 heavy (non-hydrogen) atoms. The molecule has 1 unspecified atom stereocenters. The molecule has 1 atom stereocenters. The molecule has 1 aromatic carbocycles. The van der Waals surface area contributed by atoms with Crippen molar-refractivity contribution < 1.29 is 13.9 Å². The van der Waals surface area contributed by atoms with Crippen LogP contribution in [0.5, 0.6) is 0 Å². The second-order valence-electron chi connectivity index (χ2n) is 5.28. The summed E-state index contributed by atoms with van der Waals surface area (Å²) in [5.74, 6) is -0.350. The van der Waals surface area contributed by atoms with E-state index < -0.39 is 5.82 Å². The van der Waals surface area contributed by atoms with Gasteiger partial charge in [-0.1, -0.05) is 6.07 Å². The topological polar surface area (TPSA) is 76.1 Å². The fraction of sp³-hybridized carbons (Fsp3) is 0.312. The van der Waals surface area contributed by atoms with Gasteiger partial charge in [-0.3, -0.25) is 4.79 Å². The molecule has 1 aliphatic rings. The van der Waals surface area contributed by atoms with Crippen molar-refractivity contribution in [1.82, 2.24) is 9.97 Å². The number of nitrogens with zero attached hydrogens (tertiary/aromatic N) is 2. The van der Waals surface area contributed by atoms with Crippen LogP contribution in [0.15, 0.2) is 36.7 Å². The van der Waals surface area contributed by atoms with Crippen LogP contribution in [0, 0.1) is 5.82 Å². The van der Waals surface area contributed by atoms with E-state index in [9.17, 15) is 9.18 Å². The van der Waals surface area contributed by atoms with Crippen molar-refractivity contribution in [1.29, 1.82) is 0 Å². The molecule has 1 fully saturated rings. The van der Waals surface area contributed by atoms with Gasteiger partial charge in [0.1, 0.15) is 5.82 Å². The van der Waals surface area contributed by atoms with Crippen LogP contribution < -0.4 is 10.6 Å². The highest BCUT2D eigenvalue weighted by atomic mass is 19.1. The molecule has 2 heterocycles. The van der Waals surface area contributed by atoms with E-state index >= 15 is 0 Å². The zero-order valence-corrected chi connectivity index (χ0v) is 12.5. The zero-order chi connectivity index (χ0) is 16.1. The highest BCUT2D eigenvalue weighted by molar-refractivity contribution is 6.03.